The van der Waals surface area contributed by atoms with E-state index in [0.29, 0.717) is 0 Å². The second kappa shape index (κ2) is 13.2. The van der Waals surface area contributed by atoms with Gasteiger partial charge in [-0.2, -0.15) is 0 Å². The summed E-state index contributed by atoms with van der Waals surface area (Å²) in [6, 6.07) is 68.2. The molecule has 0 amide bonds. The zero-order valence-electron chi connectivity index (χ0n) is 37.2. The third-order valence-corrected chi connectivity index (χ3v) is 15.7. The third kappa shape index (κ3) is 4.77. The average molecular weight is 821 g/mol. The minimum absolute atomic E-state index is 0.0388. The first-order valence-electron chi connectivity index (χ1n) is 23.0. The van der Waals surface area contributed by atoms with Crippen molar-refractivity contribution >= 4 is 68.6 Å². The molecule has 8 aromatic rings. The SMILES string of the molecule is CC1(C)C2=C(c3ccccc31)N(c1cccc(N(c3ccccc3)c3ccccc3)c1)c1c3c(c4c5c(cccc15)C=CC4)C(C)(c1ccccc1)C1=C(B23)c2ccccc2C1(C)C. The largest absolute Gasteiger partial charge is 0.310 e. The average Bonchev–Trinajstić information content (AvgIpc) is 3.72. The van der Waals surface area contributed by atoms with Crippen LogP contribution in [0.4, 0.5) is 28.4 Å². The van der Waals surface area contributed by atoms with E-state index in [1.54, 1.807) is 5.57 Å². The Balaban J connectivity index is 1.22. The molecule has 2 nitrogen and oxygen atoms in total. The smallest absolute Gasteiger partial charge is 0.244 e. The third-order valence-electron chi connectivity index (χ3n) is 15.7. The molecule has 64 heavy (non-hydrogen) atoms. The molecule has 0 N–H and O–H groups in total. The summed E-state index contributed by atoms with van der Waals surface area (Å²) in [7, 11) is 0. The molecule has 2 heterocycles. The summed E-state index contributed by atoms with van der Waals surface area (Å²) in [6.07, 6.45) is 5.69. The van der Waals surface area contributed by atoms with Crippen molar-refractivity contribution in [3.05, 3.63) is 244 Å². The van der Waals surface area contributed by atoms with Gasteiger partial charge >= 0.3 is 0 Å². The van der Waals surface area contributed by atoms with Gasteiger partial charge in [-0.05, 0) is 111 Å². The van der Waals surface area contributed by atoms with Crippen LogP contribution in [0.5, 0.6) is 0 Å². The number of benzene rings is 8. The number of hydrogen-bond donors (Lipinski definition) is 0. The maximum absolute atomic E-state index is 2.72. The van der Waals surface area contributed by atoms with Crippen molar-refractivity contribution in [3.63, 3.8) is 0 Å². The Kier molecular flexibility index (Phi) is 7.74. The molecule has 0 spiro atoms. The van der Waals surface area contributed by atoms with Gasteiger partial charge in [0.05, 0.1) is 0 Å². The highest BCUT2D eigenvalue weighted by Crippen LogP contribution is 2.65. The molecule has 0 aromatic heterocycles. The van der Waals surface area contributed by atoms with Gasteiger partial charge < -0.3 is 9.80 Å². The van der Waals surface area contributed by atoms with Crippen LogP contribution in [-0.4, -0.2) is 6.71 Å². The summed E-state index contributed by atoms with van der Waals surface area (Å²) >= 11 is 0. The minimum Gasteiger partial charge on any atom is -0.310 e. The molecule has 1 unspecified atom stereocenters. The van der Waals surface area contributed by atoms with Crippen LogP contribution in [0.2, 0.25) is 0 Å². The van der Waals surface area contributed by atoms with Crippen molar-refractivity contribution in [2.24, 2.45) is 0 Å². The van der Waals surface area contributed by atoms with Gasteiger partial charge in [-0.15, -0.1) is 0 Å². The highest BCUT2D eigenvalue weighted by Gasteiger charge is 2.61. The number of hydrogen-bond acceptors (Lipinski definition) is 2. The van der Waals surface area contributed by atoms with Gasteiger partial charge in [0.25, 0.3) is 0 Å². The molecule has 13 rings (SSSR count). The molecule has 0 radical (unpaired) electrons. The molecule has 0 fully saturated rings. The first kappa shape index (κ1) is 37.5. The number of rotatable bonds is 5. The fourth-order valence-corrected chi connectivity index (χ4v) is 13.4. The number of para-hydroxylation sites is 2. The van der Waals surface area contributed by atoms with Crippen molar-refractivity contribution < 1.29 is 0 Å². The summed E-state index contributed by atoms with van der Waals surface area (Å²) in [5, 5.41) is 2.72. The first-order valence-corrected chi connectivity index (χ1v) is 23.0. The summed E-state index contributed by atoms with van der Waals surface area (Å²) in [5.41, 5.74) is 23.5. The normalized spacial score (nSPS) is 19.0. The van der Waals surface area contributed by atoms with Crippen LogP contribution in [0, 0.1) is 0 Å². The molecular weight excluding hydrogens is 771 g/mol. The molecule has 0 saturated heterocycles. The maximum Gasteiger partial charge on any atom is 0.244 e. The lowest BCUT2D eigenvalue weighted by Crippen LogP contribution is -2.56. The standard InChI is InChI=1S/C61H49BN2/c1-59(2)49-36-17-15-32-45(49)53-57(59)61(5,40-24-9-6-10-25-40)52-47-34-19-22-39-23-20-35-48(51(39)47)55-54(52)62(53)58-56(46-33-16-18-37-50(46)60(58,3)4)64(55)44-31-21-30-43(38-44)63(41-26-11-7-12-27-41)42-28-13-8-14-29-42/h6-33,35-38H,34H2,1-5H3. The molecular formula is C61H49BN2. The van der Waals surface area contributed by atoms with Gasteiger partial charge in [-0.25, -0.2) is 0 Å². The van der Waals surface area contributed by atoms with Crippen molar-refractivity contribution in [1.29, 1.82) is 0 Å². The Hall–Kier alpha value is -7.10. The number of nitrogens with zero attached hydrogens (tertiary/aromatic N) is 2. The van der Waals surface area contributed by atoms with E-state index in [2.05, 4.69) is 239 Å². The Morgan fingerprint density at radius 3 is 1.86 bits per heavy atom. The van der Waals surface area contributed by atoms with Crippen LogP contribution in [0.25, 0.3) is 28.0 Å². The monoisotopic (exact) mass is 820 g/mol. The van der Waals surface area contributed by atoms with Crippen LogP contribution in [0.1, 0.15) is 79.1 Å². The predicted octanol–water partition coefficient (Wildman–Crippen LogP) is 14.6. The van der Waals surface area contributed by atoms with E-state index in [4.69, 9.17) is 0 Å². The zero-order chi connectivity index (χ0) is 43.1. The van der Waals surface area contributed by atoms with Crippen LogP contribution < -0.4 is 15.3 Å². The van der Waals surface area contributed by atoms with Gasteiger partial charge in [-0.3, -0.25) is 0 Å². The lowest BCUT2D eigenvalue weighted by atomic mass is 9.26. The molecule has 3 aliphatic carbocycles. The van der Waals surface area contributed by atoms with Crippen LogP contribution >= 0.6 is 0 Å². The molecule has 0 bridgehead atoms. The molecule has 1 atom stereocenters. The summed E-state index contributed by atoms with van der Waals surface area (Å²) in [5.74, 6) is 0. The summed E-state index contributed by atoms with van der Waals surface area (Å²) in [4.78, 5) is 5.12. The summed E-state index contributed by atoms with van der Waals surface area (Å²) < 4.78 is 0. The molecule has 5 aliphatic rings. The van der Waals surface area contributed by atoms with Gasteiger partial charge in [0, 0.05) is 61.3 Å². The zero-order valence-corrected chi connectivity index (χ0v) is 37.2. The van der Waals surface area contributed by atoms with Gasteiger partial charge in [0.2, 0.25) is 6.71 Å². The first-order chi connectivity index (χ1) is 31.2. The second-order valence-electron chi connectivity index (χ2n) is 19.7. The molecule has 2 aliphatic heterocycles. The Bertz CT molecular complexity index is 3330. The maximum atomic E-state index is 2.72. The minimum atomic E-state index is -0.430. The van der Waals surface area contributed by atoms with Crippen molar-refractivity contribution in [2.75, 3.05) is 9.80 Å². The van der Waals surface area contributed by atoms with Gasteiger partial charge in [0.15, 0.2) is 0 Å². The van der Waals surface area contributed by atoms with Crippen molar-refractivity contribution in [2.45, 2.75) is 57.3 Å². The molecule has 8 aromatic carbocycles. The number of fused-ring (bicyclic) bond motifs is 8. The van der Waals surface area contributed by atoms with E-state index in [0.717, 1.165) is 29.2 Å². The Morgan fingerprint density at radius 2 is 1.16 bits per heavy atom. The van der Waals surface area contributed by atoms with Crippen molar-refractivity contribution in [3.8, 4) is 0 Å². The van der Waals surface area contributed by atoms with E-state index in [9.17, 15) is 0 Å². The van der Waals surface area contributed by atoms with Crippen LogP contribution in [-0.2, 0) is 22.7 Å². The summed E-state index contributed by atoms with van der Waals surface area (Å²) in [6.45, 7) is 12.6. The number of allylic oxidation sites excluding steroid dienone is 3. The molecule has 306 valence electrons. The van der Waals surface area contributed by atoms with E-state index >= 15 is 0 Å². The predicted molar refractivity (Wildman–Crippen MR) is 271 cm³/mol. The Morgan fingerprint density at radius 1 is 0.562 bits per heavy atom. The highest BCUT2D eigenvalue weighted by molar-refractivity contribution is 6.99. The lowest BCUT2D eigenvalue weighted by molar-refractivity contribution is 0.520. The van der Waals surface area contributed by atoms with E-state index in [1.807, 2.05) is 0 Å². The van der Waals surface area contributed by atoms with E-state index in [1.165, 1.54) is 83.1 Å². The number of anilines is 5. The van der Waals surface area contributed by atoms with E-state index < -0.39 is 5.41 Å². The lowest BCUT2D eigenvalue weighted by Gasteiger charge is -2.52. The highest BCUT2D eigenvalue weighted by atomic mass is 15.2. The topological polar surface area (TPSA) is 6.48 Å². The molecule has 0 saturated carbocycles. The molecule has 3 heteroatoms. The second-order valence-corrected chi connectivity index (χ2v) is 19.7. The Labute approximate surface area is 377 Å². The van der Waals surface area contributed by atoms with E-state index in [-0.39, 0.29) is 17.5 Å². The van der Waals surface area contributed by atoms with Crippen LogP contribution in [0.3, 0.4) is 0 Å². The fraction of sp³-hybridized carbons (Fsp3) is 0.148. The van der Waals surface area contributed by atoms with Gasteiger partial charge in [0.1, 0.15) is 0 Å². The van der Waals surface area contributed by atoms with Crippen molar-refractivity contribution in [1.82, 2.24) is 0 Å². The fourth-order valence-electron chi connectivity index (χ4n) is 13.4. The van der Waals surface area contributed by atoms with Gasteiger partial charge in [-0.1, -0.05) is 190 Å². The van der Waals surface area contributed by atoms with Crippen LogP contribution in [0.15, 0.2) is 199 Å². The quantitative estimate of drug-likeness (QED) is 0.160.